The van der Waals surface area contributed by atoms with E-state index in [0.717, 1.165) is 11.4 Å². The van der Waals surface area contributed by atoms with Gasteiger partial charge >= 0.3 is 0 Å². The lowest BCUT2D eigenvalue weighted by Gasteiger charge is -2.34. The summed E-state index contributed by atoms with van der Waals surface area (Å²) in [5.41, 5.74) is 19.1. The molecular formula is C61H40N2. The third-order valence-electron chi connectivity index (χ3n) is 13.6. The molecule has 0 N–H and O–H groups in total. The highest BCUT2D eigenvalue weighted by Gasteiger charge is 2.46. The molecule has 2 heterocycles. The van der Waals surface area contributed by atoms with Gasteiger partial charge in [0.25, 0.3) is 0 Å². The maximum Gasteiger partial charge on any atom is 0.0713 e. The minimum Gasteiger partial charge on any atom is -0.309 e. The number of hydrogen-bond acceptors (Lipinski definition) is 0. The second kappa shape index (κ2) is 13.9. The van der Waals surface area contributed by atoms with E-state index in [1.54, 1.807) is 0 Å². The summed E-state index contributed by atoms with van der Waals surface area (Å²) in [5.74, 6) is 0. The van der Waals surface area contributed by atoms with Crippen molar-refractivity contribution in [1.82, 2.24) is 9.13 Å². The molecule has 0 amide bonds. The van der Waals surface area contributed by atoms with Crippen LogP contribution in [0.4, 0.5) is 0 Å². The van der Waals surface area contributed by atoms with Crippen molar-refractivity contribution in [2.24, 2.45) is 0 Å². The van der Waals surface area contributed by atoms with Gasteiger partial charge in [0.15, 0.2) is 0 Å². The van der Waals surface area contributed by atoms with Crippen LogP contribution in [0.25, 0.3) is 88.4 Å². The smallest absolute Gasteiger partial charge is 0.0713 e. The average molecular weight is 801 g/mol. The number of nitrogens with zero attached hydrogens (tertiary/aromatic N) is 2. The molecule has 0 atom stereocenters. The van der Waals surface area contributed by atoms with Gasteiger partial charge in [0.2, 0.25) is 0 Å². The molecule has 1 aliphatic carbocycles. The molecule has 0 saturated carbocycles. The van der Waals surface area contributed by atoms with Crippen molar-refractivity contribution in [1.29, 1.82) is 0 Å². The number of para-hydroxylation sites is 2. The highest BCUT2D eigenvalue weighted by Crippen LogP contribution is 2.56. The van der Waals surface area contributed by atoms with E-state index in [-0.39, 0.29) is 0 Å². The molecule has 294 valence electrons. The standard InChI is InChI=1S/C61H40N2/c1-4-17-41(18-5-1)42-19-16-24-48(37-42)63-58-35-32-43(44-31-34-52-51-27-12-15-30-57(51)62(60(52)39-44)47-22-8-3-9-23-47)38-53(58)54-40-46(33-36-59(54)63)61(45-20-6-2-7-21-45)55-28-13-10-25-49(55)50-26-11-14-29-56(50)61/h1-40H. The van der Waals surface area contributed by atoms with E-state index in [4.69, 9.17) is 0 Å². The molecular weight excluding hydrogens is 761 g/mol. The molecule has 0 spiro atoms. The van der Waals surface area contributed by atoms with Gasteiger partial charge in [-0.3, -0.25) is 0 Å². The van der Waals surface area contributed by atoms with Crippen LogP contribution in [0.5, 0.6) is 0 Å². The van der Waals surface area contributed by atoms with Gasteiger partial charge in [-0.1, -0.05) is 182 Å². The fraction of sp³-hybridized carbons (Fsp3) is 0.0164. The fourth-order valence-corrected chi connectivity index (χ4v) is 10.9. The number of hydrogen-bond donors (Lipinski definition) is 0. The zero-order valence-corrected chi connectivity index (χ0v) is 34.5. The number of benzene rings is 10. The van der Waals surface area contributed by atoms with Crippen LogP contribution in [-0.2, 0) is 5.41 Å². The first-order valence-electron chi connectivity index (χ1n) is 21.8. The molecule has 0 fully saturated rings. The first-order valence-corrected chi connectivity index (χ1v) is 21.8. The van der Waals surface area contributed by atoms with Crippen LogP contribution in [-0.4, -0.2) is 9.13 Å². The van der Waals surface area contributed by atoms with Crippen LogP contribution in [0.3, 0.4) is 0 Å². The molecule has 12 aromatic rings. The number of fused-ring (bicyclic) bond motifs is 9. The van der Waals surface area contributed by atoms with Crippen molar-refractivity contribution in [3.05, 3.63) is 265 Å². The van der Waals surface area contributed by atoms with E-state index in [0.29, 0.717) is 0 Å². The molecule has 2 heteroatoms. The fourth-order valence-electron chi connectivity index (χ4n) is 10.9. The molecule has 2 aromatic heterocycles. The summed E-state index contributed by atoms with van der Waals surface area (Å²) in [5, 5.41) is 4.96. The largest absolute Gasteiger partial charge is 0.309 e. The predicted octanol–water partition coefficient (Wildman–Crippen LogP) is 15.6. The zero-order valence-electron chi connectivity index (χ0n) is 34.5. The maximum absolute atomic E-state index is 2.50. The van der Waals surface area contributed by atoms with Crippen LogP contribution >= 0.6 is 0 Å². The van der Waals surface area contributed by atoms with E-state index in [2.05, 4.69) is 252 Å². The SMILES string of the molecule is c1ccc(-c2cccc(-n3c4ccc(-c5ccc6c7ccccc7n(-c7ccccc7)c6c5)cc4c4cc(C5(c6ccccc6)c6ccccc6-c6ccccc65)ccc43)c2)cc1. The summed E-state index contributed by atoms with van der Waals surface area (Å²) in [4.78, 5) is 0. The molecule has 1 aliphatic rings. The van der Waals surface area contributed by atoms with E-state index in [1.165, 1.54) is 99.2 Å². The molecule has 13 rings (SSSR count). The van der Waals surface area contributed by atoms with Crippen LogP contribution in [0.15, 0.2) is 243 Å². The molecule has 10 aromatic carbocycles. The Morgan fingerprint density at radius 2 is 0.762 bits per heavy atom. The van der Waals surface area contributed by atoms with Gasteiger partial charge in [0.1, 0.15) is 0 Å². The van der Waals surface area contributed by atoms with E-state index in [1.807, 2.05) is 0 Å². The normalized spacial score (nSPS) is 12.9. The van der Waals surface area contributed by atoms with Crippen molar-refractivity contribution in [2.45, 2.75) is 5.41 Å². The van der Waals surface area contributed by atoms with Gasteiger partial charge in [-0.05, 0) is 116 Å². The van der Waals surface area contributed by atoms with E-state index < -0.39 is 5.41 Å². The molecule has 0 bridgehead atoms. The van der Waals surface area contributed by atoms with Crippen molar-refractivity contribution in [3.63, 3.8) is 0 Å². The van der Waals surface area contributed by atoms with Gasteiger partial charge in [0, 0.05) is 32.9 Å². The Labute approximate surface area is 366 Å². The second-order valence-corrected chi connectivity index (χ2v) is 16.8. The highest BCUT2D eigenvalue weighted by molar-refractivity contribution is 6.13. The van der Waals surface area contributed by atoms with E-state index in [9.17, 15) is 0 Å². The van der Waals surface area contributed by atoms with Crippen molar-refractivity contribution in [3.8, 4) is 44.8 Å². The summed E-state index contributed by atoms with van der Waals surface area (Å²) in [6.07, 6.45) is 0. The van der Waals surface area contributed by atoms with Gasteiger partial charge < -0.3 is 9.13 Å². The van der Waals surface area contributed by atoms with Crippen LogP contribution in [0.1, 0.15) is 22.3 Å². The number of aromatic nitrogens is 2. The Morgan fingerprint density at radius 3 is 1.52 bits per heavy atom. The lowest BCUT2D eigenvalue weighted by atomic mass is 9.67. The van der Waals surface area contributed by atoms with E-state index >= 15 is 0 Å². The zero-order chi connectivity index (χ0) is 41.5. The van der Waals surface area contributed by atoms with Crippen LogP contribution < -0.4 is 0 Å². The van der Waals surface area contributed by atoms with Crippen LogP contribution in [0, 0.1) is 0 Å². The first kappa shape index (κ1) is 35.5. The topological polar surface area (TPSA) is 9.86 Å². The maximum atomic E-state index is 2.50. The molecule has 0 aliphatic heterocycles. The lowest BCUT2D eigenvalue weighted by Crippen LogP contribution is -2.28. The van der Waals surface area contributed by atoms with Crippen molar-refractivity contribution < 1.29 is 0 Å². The Hall–Kier alpha value is -8.20. The molecule has 0 unspecified atom stereocenters. The third kappa shape index (κ3) is 5.25. The molecule has 0 saturated heterocycles. The van der Waals surface area contributed by atoms with Crippen LogP contribution in [0.2, 0.25) is 0 Å². The van der Waals surface area contributed by atoms with Gasteiger partial charge in [0.05, 0.1) is 27.5 Å². The second-order valence-electron chi connectivity index (χ2n) is 16.8. The van der Waals surface area contributed by atoms with Crippen molar-refractivity contribution >= 4 is 43.6 Å². The summed E-state index contributed by atoms with van der Waals surface area (Å²) >= 11 is 0. The monoisotopic (exact) mass is 800 g/mol. The number of rotatable bonds is 6. The Bertz CT molecular complexity index is 3680. The summed E-state index contributed by atoms with van der Waals surface area (Å²) in [6.45, 7) is 0. The quantitative estimate of drug-likeness (QED) is 0.159. The van der Waals surface area contributed by atoms with Gasteiger partial charge in [-0.25, -0.2) is 0 Å². The minimum absolute atomic E-state index is 0.502. The van der Waals surface area contributed by atoms with Gasteiger partial charge in [-0.2, -0.15) is 0 Å². The molecule has 63 heavy (non-hydrogen) atoms. The van der Waals surface area contributed by atoms with Crippen molar-refractivity contribution in [2.75, 3.05) is 0 Å². The molecule has 0 radical (unpaired) electrons. The predicted molar refractivity (Wildman–Crippen MR) is 263 cm³/mol. The first-order chi connectivity index (χ1) is 31.3. The van der Waals surface area contributed by atoms with Gasteiger partial charge in [-0.15, -0.1) is 0 Å². The summed E-state index contributed by atoms with van der Waals surface area (Å²) in [6, 6.07) is 89.7. The Balaban J connectivity index is 1.09. The average Bonchev–Trinajstić information content (AvgIpc) is 3.98. The summed E-state index contributed by atoms with van der Waals surface area (Å²) < 4.78 is 4.87. The Morgan fingerprint density at radius 1 is 0.254 bits per heavy atom. The lowest BCUT2D eigenvalue weighted by molar-refractivity contribution is 0.770. The minimum atomic E-state index is -0.502. The molecule has 2 nitrogen and oxygen atoms in total. The summed E-state index contributed by atoms with van der Waals surface area (Å²) in [7, 11) is 0. The Kier molecular flexibility index (Phi) is 7.85. The highest BCUT2D eigenvalue weighted by atomic mass is 15.0. The third-order valence-corrected chi connectivity index (χ3v) is 13.6.